The summed E-state index contributed by atoms with van der Waals surface area (Å²) in [4.78, 5) is 6.68. The van der Waals surface area contributed by atoms with Crippen molar-refractivity contribution in [3.05, 3.63) is 48.8 Å². The van der Waals surface area contributed by atoms with Crippen molar-refractivity contribution in [2.75, 3.05) is 18.0 Å². The molecule has 112 valence electrons. The molecule has 0 aliphatic carbocycles. The first-order valence-corrected chi connectivity index (χ1v) is 7.64. The van der Waals surface area contributed by atoms with Gasteiger partial charge >= 0.3 is 0 Å². The van der Waals surface area contributed by atoms with Crippen LogP contribution in [0.5, 0.6) is 0 Å². The van der Waals surface area contributed by atoms with Crippen molar-refractivity contribution in [3.63, 3.8) is 0 Å². The van der Waals surface area contributed by atoms with Crippen LogP contribution in [0.15, 0.2) is 48.8 Å². The van der Waals surface area contributed by atoms with E-state index in [2.05, 4.69) is 33.2 Å². The van der Waals surface area contributed by atoms with Crippen molar-refractivity contribution in [1.29, 1.82) is 0 Å². The zero-order chi connectivity index (χ0) is 14.9. The number of aliphatic hydroxyl groups excluding tert-OH is 1. The monoisotopic (exact) mass is 294 g/mol. The molecule has 3 heterocycles. The molecule has 0 bridgehead atoms. The third-order valence-electron chi connectivity index (χ3n) is 4.14. The second kappa shape index (κ2) is 5.42. The number of hydrogen-bond donors (Lipinski definition) is 1. The maximum absolute atomic E-state index is 9.90. The Morgan fingerprint density at radius 1 is 1.18 bits per heavy atom. The summed E-state index contributed by atoms with van der Waals surface area (Å²) in [7, 11) is 0. The molecule has 1 atom stereocenters. The van der Waals surface area contributed by atoms with Gasteiger partial charge in [-0.25, -0.2) is 9.50 Å². The van der Waals surface area contributed by atoms with Crippen molar-refractivity contribution in [1.82, 2.24) is 14.6 Å². The van der Waals surface area contributed by atoms with Crippen LogP contribution in [0.1, 0.15) is 12.8 Å². The number of benzene rings is 1. The van der Waals surface area contributed by atoms with Crippen molar-refractivity contribution >= 4 is 11.3 Å². The number of nitrogens with zero attached hydrogens (tertiary/aromatic N) is 4. The van der Waals surface area contributed by atoms with E-state index in [1.807, 2.05) is 28.9 Å². The largest absolute Gasteiger partial charge is 0.391 e. The lowest BCUT2D eigenvalue weighted by molar-refractivity contribution is 0.154. The molecule has 1 aromatic carbocycles. The van der Waals surface area contributed by atoms with Crippen molar-refractivity contribution in [3.8, 4) is 11.3 Å². The SMILES string of the molecule is OC1CCCN(c2nccn3nc(-c4ccccc4)cc23)C1. The first-order valence-electron chi connectivity index (χ1n) is 7.64. The summed E-state index contributed by atoms with van der Waals surface area (Å²) >= 11 is 0. The Hall–Kier alpha value is -2.40. The lowest BCUT2D eigenvalue weighted by atomic mass is 10.1. The highest BCUT2D eigenvalue weighted by atomic mass is 16.3. The molecule has 5 nitrogen and oxygen atoms in total. The van der Waals surface area contributed by atoms with E-state index in [1.165, 1.54) is 0 Å². The molecule has 0 radical (unpaired) electrons. The fourth-order valence-corrected chi connectivity index (χ4v) is 3.05. The lowest BCUT2D eigenvalue weighted by Gasteiger charge is -2.31. The highest BCUT2D eigenvalue weighted by Crippen LogP contribution is 2.26. The fraction of sp³-hybridized carbons (Fsp3) is 0.294. The van der Waals surface area contributed by atoms with Gasteiger partial charge in [-0.1, -0.05) is 30.3 Å². The quantitative estimate of drug-likeness (QED) is 0.788. The highest BCUT2D eigenvalue weighted by molar-refractivity contribution is 5.75. The first-order chi connectivity index (χ1) is 10.8. The number of aromatic nitrogens is 3. The maximum Gasteiger partial charge on any atom is 0.154 e. The van der Waals surface area contributed by atoms with E-state index >= 15 is 0 Å². The van der Waals surface area contributed by atoms with Crippen LogP contribution >= 0.6 is 0 Å². The molecule has 4 rings (SSSR count). The molecule has 1 saturated heterocycles. The van der Waals surface area contributed by atoms with E-state index in [0.29, 0.717) is 6.54 Å². The predicted octanol–water partition coefficient (Wildman–Crippen LogP) is 2.36. The molecule has 0 amide bonds. The molecule has 3 aromatic rings. The molecule has 2 aromatic heterocycles. The van der Waals surface area contributed by atoms with E-state index in [0.717, 1.165) is 42.0 Å². The number of β-amino-alcohol motifs (C(OH)–C–C–N with tert-alkyl or cyclic N) is 1. The van der Waals surface area contributed by atoms with Crippen LogP contribution in [-0.4, -0.2) is 38.9 Å². The highest BCUT2D eigenvalue weighted by Gasteiger charge is 2.21. The average Bonchev–Trinajstić information content (AvgIpc) is 3.00. The molecule has 0 spiro atoms. The molecule has 1 N–H and O–H groups in total. The van der Waals surface area contributed by atoms with Gasteiger partial charge in [-0.3, -0.25) is 0 Å². The first kappa shape index (κ1) is 13.3. The number of aliphatic hydroxyl groups is 1. The van der Waals surface area contributed by atoms with Crippen molar-refractivity contribution in [2.45, 2.75) is 18.9 Å². The number of hydrogen-bond acceptors (Lipinski definition) is 4. The van der Waals surface area contributed by atoms with Crippen LogP contribution in [0.2, 0.25) is 0 Å². The number of fused-ring (bicyclic) bond motifs is 1. The molecule has 0 saturated carbocycles. The zero-order valence-corrected chi connectivity index (χ0v) is 12.3. The smallest absolute Gasteiger partial charge is 0.154 e. The number of piperidine rings is 1. The molecule has 1 aliphatic rings. The predicted molar refractivity (Wildman–Crippen MR) is 85.9 cm³/mol. The molecule has 22 heavy (non-hydrogen) atoms. The summed E-state index contributed by atoms with van der Waals surface area (Å²) in [6.45, 7) is 1.56. The van der Waals surface area contributed by atoms with Crippen LogP contribution in [0, 0.1) is 0 Å². The Morgan fingerprint density at radius 2 is 2.05 bits per heavy atom. The lowest BCUT2D eigenvalue weighted by Crippen LogP contribution is -2.38. The van der Waals surface area contributed by atoms with Crippen LogP contribution < -0.4 is 4.90 Å². The molecule has 1 aliphatic heterocycles. The molecular weight excluding hydrogens is 276 g/mol. The van der Waals surface area contributed by atoms with Crippen LogP contribution in [0.4, 0.5) is 5.82 Å². The van der Waals surface area contributed by atoms with E-state index in [-0.39, 0.29) is 6.10 Å². The molecular formula is C17H18N4O. The van der Waals surface area contributed by atoms with Gasteiger partial charge in [-0.05, 0) is 18.9 Å². The number of rotatable bonds is 2. The van der Waals surface area contributed by atoms with E-state index in [4.69, 9.17) is 0 Å². The minimum Gasteiger partial charge on any atom is -0.391 e. The molecule has 5 heteroatoms. The average molecular weight is 294 g/mol. The summed E-state index contributed by atoms with van der Waals surface area (Å²) in [5.74, 6) is 0.899. The number of anilines is 1. The molecule has 1 unspecified atom stereocenters. The van der Waals surface area contributed by atoms with Gasteiger partial charge in [0.1, 0.15) is 5.52 Å². The normalized spacial score (nSPS) is 18.8. The van der Waals surface area contributed by atoms with Gasteiger partial charge in [0.2, 0.25) is 0 Å². The van der Waals surface area contributed by atoms with Crippen molar-refractivity contribution < 1.29 is 5.11 Å². The Bertz CT molecular complexity index is 784. The van der Waals surface area contributed by atoms with Gasteiger partial charge in [-0.15, -0.1) is 0 Å². The van der Waals surface area contributed by atoms with Gasteiger partial charge in [0.15, 0.2) is 5.82 Å². The second-order valence-electron chi connectivity index (χ2n) is 5.72. The van der Waals surface area contributed by atoms with Gasteiger partial charge < -0.3 is 10.0 Å². The fourth-order valence-electron chi connectivity index (χ4n) is 3.05. The Morgan fingerprint density at radius 3 is 2.86 bits per heavy atom. The summed E-state index contributed by atoms with van der Waals surface area (Å²) in [5, 5.41) is 14.5. The third-order valence-corrected chi connectivity index (χ3v) is 4.14. The van der Waals surface area contributed by atoms with Crippen LogP contribution in [0.3, 0.4) is 0 Å². The maximum atomic E-state index is 9.90. The third kappa shape index (κ3) is 2.33. The minimum atomic E-state index is -0.271. The Kier molecular flexibility index (Phi) is 3.27. The Balaban J connectivity index is 1.78. The minimum absolute atomic E-state index is 0.271. The topological polar surface area (TPSA) is 53.7 Å². The Labute approximate surface area is 128 Å². The second-order valence-corrected chi connectivity index (χ2v) is 5.72. The van der Waals surface area contributed by atoms with E-state index in [9.17, 15) is 5.11 Å². The summed E-state index contributed by atoms with van der Waals surface area (Å²) < 4.78 is 1.87. The van der Waals surface area contributed by atoms with Crippen LogP contribution in [-0.2, 0) is 0 Å². The van der Waals surface area contributed by atoms with Gasteiger partial charge in [-0.2, -0.15) is 5.10 Å². The van der Waals surface area contributed by atoms with Gasteiger partial charge in [0.05, 0.1) is 11.8 Å². The van der Waals surface area contributed by atoms with Crippen molar-refractivity contribution in [2.24, 2.45) is 0 Å². The van der Waals surface area contributed by atoms with Crippen LogP contribution in [0.25, 0.3) is 16.8 Å². The standard InChI is InChI=1S/C17H18N4O/c22-14-7-4-9-20(12-14)17-16-11-15(13-5-2-1-3-6-13)19-21(16)10-8-18-17/h1-3,5-6,8,10-11,14,22H,4,7,9,12H2. The van der Waals surface area contributed by atoms with E-state index in [1.54, 1.807) is 6.20 Å². The van der Waals surface area contributed by atoms with Gasteiger partial charge in [0.25, 0.3) is 0 Å². The summed E-state index contributed by atoms with van der Waals surface area (Å²) in [5.41, 5.74) is 3.01. The molecule has 1 fully saturated rings. The summed E-state index contributed by atoms with van der Waals surface area (Å²) in [6, 6.07) is 12.2. The summed E-state index contributed by atoms with van der Waals surface area (Å²) in [6.07, 6.45) is 5.22. The zero-order valence-electron chi connectivity index (χ0n) is 12.3. The van der Waals surface area contributed by atoms with Gasteiger partial charge in [0, 0.05) is 31.0 Å². The van der Waals surface area contributed by atoms with E-state index < -0.39 is 0 Å².